The SMILES string of the molecule is CC1(OCc2cn3ccsc3n2)CCCNC1. The monoisotopic (exact) mass is 251 g/mol. The van der Waals surface area contributed by atoms with Gasteiger partial charge in [0.2, 0.25) is 0 Å². The van der Waals surface area contributed by atoms with Gasteiger partial charge in [0.1, 0.15) is 0 Å². The highest BCUT2D eigenvalue weighted by Gasteiger charge is 2.27. The van der Waals surface area contributed by atoms with Crippen LogP contribution >= 0.6 is 11.3 Å². The fourth-order valence-electron chi connectivity index (χ4n) is 2.25. The fraction of sp³-hybridized carbons (Fsp3) is 0.583. The van der Waals surface area contributed by atoms with Crippen LogP contribution in [0, 0.1) is 0 Å². The average Bonchev–Trinajstić information content (AvgIpc) is 2.87. The number of hydrogen-bond acceptors (Lipinski definition) is 4. The van der Waals surface area contributed by atoms with Gasteiger partial charge in [-0.3, -0.25) is 4.40 Å². The highest BCUT2D eigenvalue weighted by Crippen LogP contribution is 2.22. The van der Waals surface area contributed by atoms with E-state index in [0.717, 1.165) is 30.2 Å². The Morgan fingerprint density at radius 1 is 1.65 bits per heavy atom. The van der Waals surface area contributed by atoms with Gasteiger partial charge in [0, 0.05) is 24.3 Å². The predicted octanol–water partition coefficient (Wildman–Crippen LogP) is 2.05. The number of thiazole rings is 1. The standard InChI is InChI=1S/C12H17N3OS/c1-12(3-2-4-13-9-12)16-8-10-7-15-5-6-17-11(15)14-10/h5-7,13H,2-4,8-9H2,1H3. The minimum atomic E-state index is -0.0324. The Bertz CT molecular complexity index is 470. The fourth-order valence-corrected chi connectivity index (χ4v) is 2.96. The van der Waals surface area contributed by atoms with Crippen molar-refractivity contribution in [3.63, 3.8) is 0 Å². The van der Waals surface area contributed by atoms with Gasteiger partial charge in [0.25, 0.3) is 0 Å². The largest absolute Gasteiger partial charge is 0.368 e. The van der Waals surface area contributed by atoms with Gasteiger partial charge in [0.05, 0.1) is 17.9 Å². The van der Waals surface area contributed by atoms with E-state index in [1.165, 1.54) is 6.42 Å². The molecule has 4 nitrogen and oxygen atoms in total. The Balaban J connectivity index is 1.65. The average molecular weight is 251 g/mol. The third-order valence-corrected chi connectivity index (χ3v) is 4.04. The molecule has 1 saturated heterocycles. The van der Waals surface area contributed by atoms with E-state index >= 15 is 0 Å². The van der Waals surface area contributed by atoms with Crippen molar-refractivity contribution in [2.45, 2.75) is 32.0 Å². The van der Waals surface area contributed by atoms with Crippen LogP contribution in [0.2, 0.25) is 0 Å². The molecular formula is C12H17N3OS. The van der Waals surface area contributed by atoms with Gasteiger partial charge in [-0.2, -0.15) is 0 Å². The molecule has 1 aliphatic rings. The molecule has 5 heteroatoms. The summed E-state index contributed by atoms with van der Waals surface area (Å²) >= 11 is 1.65. The summed E-state index contributed by atoms with van der Waals surface area (Å²) in [5.41, 5.74) is 0.985. The van der Waals surface area contributed by atoms with E-state index in [2.05, 4.69) is 17.2 Å². The van der Waals surface area contributed by atoms with Crippen LogP contribution in [0.25, 0.3) is 4.96 Å². The first-order valence-corrected chi connectivity index (χ1v) is 6.89. The molecule has 92 valence electrons. The highest BCUT2D eigenvalue weighted by atomic mass is 32.1. The van der Waals surface area contributed by atoms with E-state index in [0.29, 0.717) is 6.61 Å². The summed E-state index contributed by atoms with van der Waals surface area (Å²) in [6.45, 7) is 4.83. The molecule has 1 N–H and O–H groups in total. The second kappa shape index (κ2) is 4.40. The maximum Gasteiger partial charge on any atom is 0.193 e. The van der Waals surface area contributed by atoms with Gasteiger partial charge < -0.3 is 10.1 Å². The molecule has 1 aliphatic heterocycles. The molecular weight excluding hydrogens is 234 g/mol. The summed E-state index contributed by atoms with van der Waals surface area (Å²) in [7, 11) is 0. The molecule has 0 aliphatic carbocycles. The molecule has 1 atom stereocenters. The first kappa shape index (κ1) is 11.2. The summed E-state index contributed by atoms with van der Waals surface area (Å²) in [5.74, 6) is 0. The molecule has 0 saturated carbocycles. The molecule has 0 bridgehead atoms. The van der Waals surface area contributed by atoms with Crippen LogP contribution in [-0.2, 0) is 11.3 Å². The normalized spacial score (nSPS) is 25.5. The van der Waals surface area contributed by atoms with Crippen LogP contribution < -0.4 is 5.32 Å². The predicted molar refractivity (Wildman–Crippen MR) is 68.4 cm³/mol. The van der Waals surface area contributed by atoms with Gasteiger partial charge in [-0.25, -0.2) is 4.98 Å². The van der Waals surface area contributed by atoms with Crippen molar-refractivity contribution >= 4 is 16.3 Å². The number of piperidine rings is 1. The molecule has 2 aromatic heterocycles. The van der Waals surface area contributed by atoms with Crippen molar-refractivity contribution in [3.8, 4) is 0 Å². The number of ether oxygens (including phenoxy) is 1. The molecule has 0 spiro atoms. The van der Waals surface area contributed by atoms with E-state index in [9.17, 15) is 0 Å². The van der Waals surface area contributed by atoms with Crippen LogP contribution in [-0.4, -0.2) is 28.1 Å². The Labute approximate surface area is 105 Å². The second-order valence-corrected chi connectivity index (χ2v) is 5.72. The Hall–Kier alpha value is -0.910. The van der Waals surface area contributed by atoms with Crippen molar-refractivity contribution < 1.29 is 4.74 Å². The maximum absolute atomic E-state index is 6.02. The third kappa shape index (κ3) is 2.36. The zero-order valence-electron chi connectivity index (χ0n) is 9.98. The summed E-state index contributed by atoms with van der Waals surface area (Å²) < 4.78 is 8.07. The summed E-state index contributed by atoms with van der Waals surface area (Å²) in [6, 6.07) is 0. The molecule has 3 heterocycles. The molecule has 0 radical (unpaired) electrons. The van der Waals surface area contributed by atoms with Gasteiger partial charge in [-0.05, 0) is 26.3 Å². The molecule has 0 amide bonds. The first-order chi connectivity index (χ1) is 8.25. The van der Waals surface area contributed by atoms with Crippen LogP contribution in [0.15, 0.2) is 17.8 Å². The second-order valence-electron chi connectivity index (χ2n) is 4.84. The molecule has 1 fully saturated rings. The Morgan fingerprint density at radius 2 is 2.59 bits per heavy atom. The number of imidazole rings is 1. The summed E-state index contributed by atoms with van der Waals surface area (Å²) in [5, 5.41) is 5.43. The van der Waals surface area contributed by atoms with Gasteiger partial charge in [-0.1, -0.05) is 0 Å². The zero-order valence-corrected chi connectivity index (χ0v) is 10.8. The lowest BCUT2D eigenvalue weighted by Gasteiger charge is -2.33. The Kier molecular flexibility index (Phi) is 2.90. The quantitative estimate of drug-likeness (QED) is 0.907. The van der Waals surface area contributed by atoms with Crippen LogP contribution in [0.1, 0.15) is 25.5 Å². The number of aromatic nitrogens is 2. The van der Waals surface area contributed by atoms with Crippen LogP contribution in [0.5, 0.6) is 0 Å². The lowest BCUT2D eigenvalue weighted by Crippen LogP contribution is -2.45. The number of fused-ring (bicyclic) bond motifs is 1. The van der Waals surface area contributed by atoms with Gasteiger partial charge in [0.15, 0.2) is 4.96 Å². The van der Waals surface area contributed by atoms with E-state index < -0.39 is 0 Å². The van der Waals surface area contributed by atoms with E-state index in [4.69, 9.17) is 4.74 Å². The van der Waals surface area contributed by atoms with Crippen LogP contribution in [0.3, 0.4) is 0 Å². The zero-order chi connectivity index (χ0) is 11.7. The van der Waals surface area contributed by atoms with Crippen molar-refractivity contribution in [3.05, 3.63) is 23.5 Å². The molecule has 2 aromatic rings. The lowest BCUT2D eigenvalue weighted by atomic mass is 9.96. The van der Waals surface area contributed by atoms with Gasteiger partial charge >= 0.3 is 0 Å². The smallest absolute Gasteiger partial charge is 0.193 e. The topological polar surface area (TPSA) is 38.6 Å². The number of nitrogens with one attached hydrogen (secondary N) is 1. The maximum atomic E-state index is 6.02. The first-order valence-electron chi connectivity index (χ1n) is 6.01. The van der Waals surface area contributed by atoms with Crippen molar-refractivity contribution in [1.82, 2.24) is 14.7 Å². The molecule has 17 heavy (non-hydrogen) atoms. The summed E-state index contributed by atoms with van der Waals surface area (Å²) in [4.78, 5) is 5.56. The van der Waals surface area contributed by atoms with E-state index in [1.54, 1.807) is 11.3 Å². The molecule has 1 unspecified atom stereocenters. The minimum Gasteiger partial charge on any atom is -0.368 e. The van der Waals surface area contributed by atoms with Crippen molar-refractivity contribution in [1.29, 1.82) is 0 Å². The van der Waals surface area contributed by atoms with E-state index in [-0.39, 0.29) is 5.60 Å². The number of rotatable bonds is 3. The number of nitrogens with zero attached hydrogens (tertiary/aromatic N) is 2. The van der Waals surface area contributed by atoms with Crippen molar-refractivity contribution in [2.24, 2.45) is 0 Å². The molecule has 3 rings (SSSR count). The highest BCUT2D eigenvalue weighted by molar-refractivity contribution is 7.15. The van der Waals surface area contributed by atoms with Gasteiger partial charge in [-0.15, -0.1) is 11.3 Å². The van der Waals surface area contributed by atoms with Crippen molar-refractivity contribution in [2.75, 3.05) is 13.1 Å². The van der Waals surface area contributed by atoms with E-state index in [1.807, 2.05) is 22.2 Å². The number of hydrogen-bond donors (Lipinski definition) is 1. The third-order valence-electron chi connectivity index (χ3n) is 3.27. The summed E-state index contributed by atoms with van der Waals surface area (Å²) in [6.07, 6.45) is 6.39. The van der Waals surface area contributed by atoms with Crippen LogP contribution in [0.4, 0.5) is 0 Å². The minimum absolute atomic E-state index is 0.0324. The Morgan fingerprint density at radius 3 is 3.35 bits per heavy atom. The molecule has 0 aromatic carbocycles. The lowest BCUT2D eigenvalue weighted by molar-refractivity contribution is -0.0581.